The highest BCUT2D eigenvalue weighted by atomic mass is 19.1. The zero-order chi connectivity index (χ0) is 26.4. The van der Waals surface area contributed by atoms with Crippen LogP contribution < -0.4 is 15.4 Å². The first-order chi connectivity index (χ1) is 17.2. The molecule has 0 bridgehead atoms. The van der Waals surface area contributed by atoms with Crippen LogP contribution in [0.2, 0.25) is 0 Å². The Balaban J connectivity index is 0.00000157. The summed E-state index contributed by atoms with van der Waals surface area (Å²) in [6.45, 7) is 8.60. The summed E-state index contributed by atoms with van der Waals surface area (Å²) in [5.41, 5.74) is 3.86. The van der Waals surface area contributed by atoms with E-state index in [4.69, 9.17) is 4.74 Å². The number of fused-ring (bicyclic) bond motifs is 1. The molecule has 0 saturated carbocycles. The van der Waals surface area contributed by atoms with E-state index in [0.717, 1.165) is 16.6 Å². The van der Waals surface area contributed by atoms with Crippen molar-refractivity contribution in [3.63, 3.8) is 0 Å². The quantitative estimate of drug-likeness (QED) is 0.262. The van der Waals surface area contributed by atoms with E-state index in [1.807, 2.05) is 44.6 Å². The van der Waals surface area contributed by atoms with Crippen molar-refractivity contribution in [2.75, 3.05) is 10.6 Å². The van der Waals surface area contributed by atoms with Crippen LogP contribution in [0.15, 0.2) is 55.0 Å². The number of hydrogen-bond donors (Lipinski definition) is 2. The third-order valence-electron chi connectivity index (χ3n) is 5.37. The van der Waals surface area contributed by atoms with Gasteiger partial charge in [-0.2, -0.15) is 4.98 Å². The van der Waals surface area contributed by atoms with Crippen LogP contribution in [0.4, 0.5) is 20.6 Å². The first-order valence-corrected chi connectivity index (χ1v) is 11.6. The van der Waals surface area contributed by atoms with Gasteiger partial charge in [-0.25, -0.2) is 14.2 Å². The third kappa shape index (κ3) is 6.91. The number of carbonyl (C=O) groups excluding carboxylic acids is 2. The highest BCUT2D eigenvalue weighted by Crippen LogP contribution is 2.29. The molecule has 2 amide bonds. The summed E-state index contributed by atoms with van der Waals surface area (Å²) in [4.78, 5) is 32.8. The van der Waals surface area contributed by atoms with Gasteiger partial charge in [0, 0.05) is 30.2 Å². The molecule has 196 valence electrons. The normalized spacial score (nSPS) is 11.0. The number of nitrogens with one attached hydrogen (secondary N) is 2. The monoisotopic (exact) mass is 507 g/mol. The Kier molecular flexibility index (Phi) is 9.88. The number of halogens is 1. The van der Waals surface area contributed by atoms with Crippen molar-refractivity contribution in [3.8, 4) is 11.6 Å². The van der Waals surface area contributed by atoms with E-state index in [9.17, 15) is 14.0 Å². The highest BCUT2D eigenvalue weighted by Gasteiger charge is 2.13. The van der Waals surface area contributed by atoms with Crippen LogP contribution in [-0.4, -0.2) is 26.3 Å². The number of Topliss-reactive ketones (excluding diaryl/α,β-unsaturated/α-hetero) is 1. The minimum absolute atomic E-state index is 0. The van der Waals surface area contributed by atoms with Gasteiger partial charge in [0.05, 0.1) is 5.52 Å². The molecule has 2 N–H and O–H groups in total. The second-order valence-corrected chi connectivity index (χ2v) is 8.01. The molecule has 0 fully saturated rings. The Hall–Kier alpha value is -4.27. The Bertz CT molecular complexity index is 1400. The number of anilines is 2. The van der Waals surface area contributed by atoms with Gasteiger partial charge in [0.15, 0.2) is 5.78 Å². The minimum Gasteiger partial charge on any atom is -0.437 e. The van der Waals surface area contributed by atoms with E-state index in [2.05, 4.69) is 20.6 Å². The number of alkyl halides is 1. The van der Waals surface area contributed by atoms with E-state index in [1.54, 1.807) is 18.2 Å². The van der Waals surface area contributed by atoms with E-state index in [1.165, 1.54) is 38.4 Å². The van der Waals surface area contributed by atoms with Crippen molar-refractivity contribution in [1.82, 2.24) is 14.5 Å². The van der Waals surface area contributed by atoms with Crippen molar-refractivity contribution >= 4 is 34.2 Å². The summed E-state index contributed by atoms with van der Waals surface area (Å²) in [6.07, 6.45) is 2.05. The van der Waals surface area contributed by atoms with Gasteiger partial charge in [0.2, 0.25) is 5.88 Å². The largest absolute Gasteiger partial charge is 0.437 e. The van der Waals surface area contributed by atoms with Gasteiger partial charge in [-0.05, 0) is 74.4 Å². The van der Waals surface area contributed by atoms with Crippen molar-refractivity contribution < 1.29 is 18.7 Å². The van der Waals surface area contributed by atoms with Crippen LogP contribution in [0.25, 0.3) is 11.0 Å². The zero-order valence-corrected chi connectivity index (χ0v) is 21.2. The molecule has 9 heteroatoms. The number of rotatable bonds is 6. The standard InChI is InChI=1S/C25H24FN5O3.C2H6.CH4/c1-14-9-20(34-24-23-22(27-13-28-24)7-8-31(23)4)5-6-21(14)30-25(33)29-19-11-17(15(2)26)10-18(12-19)16(3)32;1-2;/h5-13,15H,1-4H3,(H2,29,30,33);1-2H3;1H4. The van der Waals surface area contributed by atoms with Gasteiger partial charge in [-0.15, -0.1) is 0 Å². The summed E-state index contributed by atoms with van der Waals surface area (Å²) in [5.74, 6) is 0.771. The number of aromatic nitrogens is 3. The lowest BCUT2D eigenvalue weighted by Gasteiger charge is -2.14. The summed E-state index contributed by atoms with van der Waals surface area (Å²) in [5, 5.41) is 5.43. The maximum Gasteiger partial charge on any atom is 0.323 e. The number of urea groups is 1. The van der Waals surface area contributed by atoms with Gasteiger partial charge in [0.25, 0.3) is 0 Å². The molecule has 4 aromatic rings. The number of benzene rings is 2. The summed E-state index contributed by atoms with van der Waals surface area (Å²) >= 11 is 0. The summed E-state index contributed by atoms with van der Waals surface area (Å²) in [6, 6.07) is 11.1. The topological polar surface area (TPSA) is 98.1 Å². The molecule has 1 atom stereocenters. The minimum atomic E-state index is -1.27. The lowest BCUT2D eigenvalue weighted by atomic mass is 10.0. The number of hydrogen-bond acceptors (Lipinski definition) is 5. The number of ether oxygens (including phenoxy) is 1. The molecule has 2 aromatic heterocycles. The van der Waals surface area contributed by atoms with Crippen LogP contribution >= 0.6 is 0 Å². The predicted molar refractivity (Wildman–Crippen MR) is 146 cm³/mol. The van der Waals surface area contributed by atoms with Crippen molar-refractivity contribution in [1.29, 1.82) is 0 Å². The van der Waals surface area contributed by atoms with Crippen LogP contribution in [0, 0.1) is 6.92 Å². The molecule has 2 aromatic carbocycles. The fraction of sp³-hybridized carbons (Fsp3) is 0.286. The Morgan fingerprint density at radius 1 is 1.05 bits per heavy atom. The van der Waals surface area contributed by atoms with Gasteiger partial charge < -0.3 is 19.9 Å². The predicted octanol–water partition coefficient (Wildman–Crippen LogP) is 7.61. The van der Waals surface area contributed by atoms with Crippen LogP contribution in [-0.2, 0) is 7.05 Å². The molecular formula is C28H34FN5O3. The summed E-state index contributed by atoms with van der Waals surface area (Å²) < 4.78 is 21.7. The first kappa shape index (κ1) is 29.0. The molecule has 0 spiro atoms. The average molecular weight is 508 g/mol. The van der Waals surface area contributed by atoms with Gasteiger partial charge >= 0.3 is 6.03 Å². The second kappa shape index (κ2) is 12.6. The second-order valence-electron chi connectivity index (χ2n) is 8.01. The maximum absolute atomic E-state index is 13.8. The number of carbonyl (C=O) groups is 2. The number of ketones is 1. The maximum atomic E-state index is 13.8. The van der Waals surface area contributed by atoms with Crippen molar-refractivity contribution in [2.45, 2.75) is 48.2 Å². The molecule has 0 aliphatic carbocycles. The molecule has 0 aliphatic rings. The Morgan fingerprint density at radius 3 is 2.43 bits per heavy atom. The zero-order valence-electron chi connectivity index (χ0n) is 21.2. The lowest BCUT2D eigenvalue weighted by Crippen LogP contribution is -2.20. The molecule has 37 heavy (non-hydrogen) atoms. The number of nitrogens with zero attached hydrogens (tertiary/aromatic N) is 3. The Labute approximate surface area is 216 Å². The van der Waals surface area contributed by atoms with Crippen molar-refractivity contribution in [2.24, 2.45) is 7.05 Å². The molecule has 1 unspecified atom stereocenters. The number of aryl methyl sites for hydroxylation is 2. The first-order valence-electron chi connectivity index (χ1n) is 11.6. The average Bonchev–Trinajstić information content (AvgIpc) is 3.23. The van der Waals surface area contributed by atoms with Crippen LogP contribution in [0.1, 0.15) is 62.8 Å². The Morgan fingerprint density at radius 2 is 1.78 bits per heavy atom. The van der Waals surface area contributed by atoms with E-state index < -0.39 is 12.2 Å². The third-order valence-corrected chi connectivity index (χ3v) is 5.37. The summed E-state index contributed by atoms with van der Waals surface area (Å²) in [7, 11) is 1.89. The smallest absolute Gasteiger partial charge is 0.323 e. The van der Waals surface area contributed by atoms with E-state index in [0.29, 0.717) is 34.1 Å². The van der Waals surface area contributed by atoms with Crippen LogP contribution in [0.3, 0.4) is 0 Å². The molecule has 2 heterocycles. The lowest BCUT2D eigenvalue weighted by molar-refractivity contribution is 0.101. The molecular weight excluding hydrogens is 473 g/mol. The van der Waals surface area contributed by atoms with Crippen molar-refractivity contribution in [3.05, 3.63) is 71.7 Å². The number of amides is 2. The molecule has 8 nitrogen and oxygen atoms in total. The molecule has 0 aliphatic heterocycles. The van der Waals surface area contributed by atoms with E-state index >= 15 is 0 Å². The molecule has 4 rings (SSSR count). The van der Waals surface area contributed by atoms with Gasteiger partial charge in [-0.1, -0.05) is 21.3 Å². The fourth-order valence-electron chi connectivity index (χ4n) is 3.55. The van der Waals surface area contributed by atoms with Crippen LogP contribution in [0.5, 0.6) is 11.6 Å². The highest BCUT2D eigenvalue weighted by molar-refractivity contribution is 6.02. The molecule has 0 radical (unpaired) electrons. The SMILES string of the molecule is C.CC.CC(=O)c1cc(NC(=O)Nc2ccc(Oc3ncnc4ccn(C)c34)cc2C)cc(C(C)F)c1. The molecule has 0 saturated heterocycles. The van der Waals surface area contributed by atoms with Gasteiger partial charge in [-0.3, -0.25) is 4.79 Å². The van der Waals surface area contributed by atoms with E-state index in [-0.39, 0.29) is 13.2 Å². The van der Waals surface area contributed by atoms with Gasteiger partial charge in [0.1, 0.15) is 23.8 Å². The fourth-order valence-corrected chi connectivity index (χ4v) is 3.55.